The molecule has 0 N–H and O–H groups in total. The number of carbonyl (C=O) groups is 2. The van der Waals surface area contributed by atoms with E-state index in [4.69, 9.17) is 0 Å². The maximum absolute atomic E-state index is 14.5. The number of para-hydroxylation sites is 2. The van der Waals surface area contributed by atoms with Crippen LogP contribution in [-0.2, 0) is 9.59 Å². The fourth-order valence-electron chi connectivity index (χ4n) is 8.71. The van der Waals surface area contributed by atoms with Gasteiger partial charge in [0.2, 0.25) is 11.8 Å². The molecular formula is C34H39N3O2. The summed E-state index contributed by atoms with van der Waals surface area (Å²) >= 11 is 0. The van der Waals surface area contributed by atoms with Crippen molar-refractivity contribution in [3.63, 3.8) is 0 Å². The molecule has 2 heterocycles. The Hall–Kier alpha value is -3.34. The molecule has 1 atom stereocenters. The van der Waals surface area contributed by atoms with Crippen LogP contribution in [0.15, 0.2) is 66.9 Å². The van der Waals surface area contributed by atoms with Crippen molar-refractivity contribution in [2.45, 2.75) is 71.4 Å². The lowest BCUT2D eigenvalue weighted by molar-refractivity contribution is -0.160. The number of aromatic nitrogens is 1. The molecule has 1 aliphatic heterocycles. The van der Waals surface area contributed by atoms with Crippen LogP contribution >= 0.6 is 0 Å². The number of nitrogens with zero attached hydrogens (tertiary/aromatic N) is 3. The van der Waals surface area contributed by atoms with Crippen molar-refractivity contribution < 1.29 is 9.59 Å². The van der Waals surface area contributed by atoms with Crippen LogP contribution in [0.25, 0.3) is 5.69 Å². The highest BCUT2D eigenvalue weighted by Crippen LogP contribution is 2.60. The summed E-state index contributed by atoms with van der Waals surface area (Å²) in [4.78, 5) is 32.8. The number of benzene rings is 2. The number of hydrogen-bond acceptors (Lipinski definition) is 2. The van der Waals surface area contributed by atoms with Crippen molar-refractivity contribution in [3.8, 4) is 5.69 Å². The molecule has 2 aromatic carbocycles. The van der Waals surface area contributed by atoms with E-state index in [9.17, 15) is 9.59 Å². The van der Waals surface area contributed by atoms with Gasteiger partial charge < -0.3 is 9.47 Å². The molecule has 0 saturated heterocycles. The van der Waals surface area contributed by atoms with E-state index in [-0.39, 0.29) is 35.9 Å². The van der Waals surface area contributed by atoms with Crippen molar-refractivity contribution >= 4 is 17.5 Å². The molecule has 4 aliphatic carbocycles. The molecule has 4 fully saturated rings. The van der Waals surface area contributed by atoms with Crippen molar-refractivity contribution in [1.82, 2.24) is 9.47 Å². The van der Waals surface area contributed by atoms with Gasteiger partial charge in [0.1, 0.15) is 12.6 Å². The standard InChI is InChI=1S/C34H39N3O2/c1-22(2)36(33(39)34-18-24-15-25(19-34)17-26(16-24)20-34)21-31(38)37-29-8-5-4-7-28(29)35-14-6-9-30(35)32(37)27-12-10-23(3)11-13-27/h4-14,22,24-26,32H,15-21H2,1-3H3/t24?,25?,26?,32-,34?/m0/s1. The Morgan fingerprint density at radius 1 is 0.872 bits per heavy atom. The summed E-state index contributed by atoms with van der Waals surface area (Å²) in [5, 5.41) is 0. The molecule has 0 unspecified atom stereocenters. The minimum absolute atomic E-state index is 0.0211. The first-order valence-electron chi connectivity index (χ1n) is 14.8. The Bertz CT molecular complexity index is 1380. The molecule has 4 bridgehead atoms. The molecule has 0 radical (unpaired) electrons. The van der Waals surface area contributed by atoms with Crippen LogP contribution in [0.2, 0.25) is 0 Å². The molecule has 5 aliphatic rings. The Morgan fingerprint density at radius 3 is 2.10 bits per heavy atom. The Morgan fingerprint density at radius 2 is 1.49 bits per heavy atom. The van der Waals surface area contributed by atoms with Gasteiger partial charge in [0, 0.05) is 12.2 Å². The van der Waals surface area contributed by atoms with Gasteiger partial charge in [-0.25, -0.2) is 0 Å². The van der Waals surface area contributed by atoms with Gasteiger partial charge in [0.15, 0.2) is 0 Å². The van der Waals surface area contributed by atoms with E-state index in [2.05, 4.69) is 74.0 Å². The Balaban J connectivity index is 1.26. The lowest BCUT2D eigenvalue weighted by Crippen LogP contribution is -2.57. The molecule has 5 nitrogen and oxygen atoms in total. The lowest BCUT2D eigenvalue weighted by Gasteiger charge is -2.57. The third-order valence-electron chi connectivity index (χ3n) is 10.1. The summed E-state index contributed by atoms with van der Waals surface area (Å²) < 4.78 is 2.20. The molecule has 202 valence electrons. The predicted octanol–water partition coefficient (Wildman–Crippen LogP) is 6.68. The smallest absolute Gasteiger partial charge is 0.247 e. The number of anilines is 1. The number of fused-ring (bicyclic) bond motifs is 3. The second kappa shape index (κ2) is 9.11. The van der Waals surface area contributed by atoms with Crippen LogP contribution in [0.5, 0.6) is 0 Å². The lowest BCUT2D eigenvalue weighted by atomic mass is 9.49. The fourth-order valence-corrected chi connectivity index (χ4v) is 8.71. The van der Waals surface area contributed by atoms with Crippen molar-refractivity contribution in [2.24, 2.45) is 23.2 Å². The number of rotatable bonds is 5. The number of amides is 2. The zero-order chi connectivity index (χ0) is 26.9. The first-order chi connectivity index (χ1) is 18.8. The highest BCUT2D eigenvalue weighted by molar-refractivity contribution is 6.01. The quantitative estimate of drug-likeness (QED) is 0.376. The van der Waals surface area contributed by atoms with Gasteiger partial charge in [-0.2, -0.15) is 0 Å². The zero-order valence-electron chi connectivity index (χ0n) is 23.3. The molecule has 2 amide bonds. The van der Waals surface area contributed by atoms with Crippen LogP contribution in [0.4, 0.5) is 5.69 Å². The van der Waals surface area contributed by atoms with Gasteiger partial charge in [0.05, 0.1) is 22.5 Å². The number of aryl methyl sites for hydroxylation is 1. The van der Waals surface area contributed by atoms with Gasteiger partial charge in [0.25, 0.3) is 0 Å². The van der Waals surface area contributed by atoms with Gasteiger partial charge in [-0.15, -0.1) is 0 Å². The van der Waals surface area contributed by atoms with E-state index in [1.165, 1.54) is 24.8 Å². The van der Waals surface area contributed by atoms with E-state index in [1.54, 1.807) is 0 Å². The third-order valence-corrected chi connectivity index (χ3v) is 10.1. The molecule has 4 saturated carbocycles. The van der Waals surface area contributed by atoms with Crippen LogP contribution in [0.1, 0.15) is 75.2 Å². The molecule has 8 rings (SSSR count). The maximum atomic E-state index is 14.5. The molecule has 39 heavy (non-hydrogen) atoms. The number of hydrogen-bond donors (Lipinski definition) is 0. The normalized spacial score (nSPS) is 28.4. The molecule has 0 spiro atoms. The molecule has 5 heteroatoms. The van der Waals surface area contributed by atoms with Crippen LogP contribution in [-0.4, -0.2) is 33.9 Å². The Kier molecular flexibility index (Phi) is 5.76. The summed E-state index contributed by atoms with van der Waals surface area (Å²) in [5.74, 6) is 2.28. The van der Waals surface area contributed by atoms with E-state index in [0.717, 1.165) is 41.9 Å². The van der Waals surface area contributed by atoms with Crippen LogP contribution in [0.3, 0.4) is 0 Å². The monoisotopic (exact) mass is 521 g/mol. The SMILES string of the molecule is Cc1ccc([C@H]2c3cccn3-c3ccccc3N2C(=O)CN(C(=O)C23CC4CC(CC(C4)C2)C3)C(C)C)cc1. The minimum Gasteiger partial charge on any atom is -0.330 e. The van der Waals surface area contributed by atoms with Crippen molar-refractivity contribution in [2.75, 3.05) is 11.4 Å². The zero-order valence-corrected chi connectivity index (χ0v) is 23.3. The van der Waals surface area contributed by atoms with Crippen molar-refractivity contribution in [3.05, 3.63) is 83.7 Å². The van der Waals surface area contributed by atoms with Gasteiger partial charge >= 0.3 is 0 Å². The van der Waals surface area contributed by atoms with E-state index in [1.807, 2.05) is 28.0 Å². The van der Waals surface area contributed by atoms with E-state index >= 15 is 0 Å². The average molecular weight is 522 g/mol. The second-order valence-electron chi connectivity index (χ2n) is 13.1. The number of carbonyl (C=O) groups excluding carboxylic acids is 2. The molecule has 3 aromatic rings. The molecular weight excluding hydrogens is 482 g/mol. The predicted molar refractivity (Wildman–Crippen MR) is 154 cm³/mol. The highest BCUT2D eigenvalue weighted by Gasteiger charge is 2.56. The van der Waals surface area contributed by atoms with Gasteiger partial charge in [-0.05, 0) is 107 Å². The van der Waals surface area contributed by atoms with E-state index in [0.29, 0.717) is 17.8 Å². The Labute approximate surface area is 231 Å². The average Bonchev–Trinajstić information content (AvgIpc) is 3.40. The summed E-state index contributed by atoms with van der Waals surface area (Å²) in [5.41, 5.74) is 4.96. The van der Waals surface area contributed by atoms with Gasteiger partial charge in [-0.3, -0.25) is 14.5 Å². The molecule has 1 aromatic heterocycles. The van der Waals surface area contributed by atoms with Crippen LogP contribution < -0.4 is 4.90 Å². The third kappa shape index (κ3) is 3.96. The second-order valence-corrected chi connectivity index (χ2v) is 13.1. The summed E-state index contributed by atoms with van der Waals surface area (Å²) in [7, 11) is 0. The maximum Gasteiger partial charge on any atom is 0.247 e. The highest BCUT2D eigenvalue weighted by atomic mass is 16.2. The topological polar surface area (TPSA) is 45.6 Å². The summed E-state index contributed by atoms with van der Waals surface area (Å²) in [6.07, 6.45) is 9.03. The van der Waals surface area contributed by atoms with E-state index < -0.39 is 0 Å². The first-order valence-corrected chi connectivity index (χ1v) is 14.8. The van der Waals surface area contributed by atoms with Gasteiger partial charge in [-0.1, -0.05) is 42.0 Å². The fraction of sp³-hybridized carbons (Fsp3) is 0.471. The summed E-state index contributed by atoms with van der Waals surface area (Å²) in [6, 6.07) is 20.5. The first kappa shape index (κ1) is 24.7. The van der Waals surface area contributed by atoms with Crippen molar-refractivity contribution in [1.29, 1.82) is 0 Å². The minimum atomic E-state index is -0.260. The van der Waals surface area contributed by atoms with Crippen LogP contribution in [0, 0.1) is 30.1 Å². The largest absolute Gasteiger partial charge is 0.330 e. The summed E-state index contributed by atoms with van der Waals surface area (Å²) in [6.45, 7) is 6.33.